The molecule has 0 radical (unpaired) electrons. The number of hydrazone groups is 2. The van der Waals surface area contributed by atoms with Crippen molar-refractivity contribution in [2.24, 2.45) is 32.9 Å². The average molecular weight is 617 g/mol. The molecule has 0 saturated carbocycles. The van der Waals surface area contributed by atoms with Crippen molar-refractivity contribution >= 4 is 52.6 Å². The van der Waals surface area contributed by atoms with E-state index in [0.717, 1.165) is 17.8 Å². The Morgan fingerprint density at radius 3 is 1.98 bits per heavy atom. The molecule has 0 aliphatic carbocycles. The van der Waals surface area contributed by atoms with E-state index in [-0.39, 0.29) is 40.8 Å². The molecule has 3 aliphatic heterocycles. The Bertz CT molecular complexity index is 1280. The van der Waals surface area contributed by atoms with Crippen LogP contribution in [0.4, 0.5) is 11.4 Å². The standard InChI is InChI=1S/C16H22N2O2.C16H20N2O2.Ga.H/c2*1-11-14(13(19)10-16(2,3)4)15(20)18(17-11)12-8-6-5-7-9-12;;/h5-9,13-15H,10H2,1-4H3;5-9,14H,10H2,1-4H3;;/q-2;;+2;. The number of amides is 1. The quantitative estimate of drug-likeness (QED) is 0.305. The second-order valence-corrected chi connectivity index (χ2v) is 15.3. The van der Waals surface area contributed by atoms with Crippen LogP contribution in [0, 0.1) is 22.7 Å². The molecule has 2 aromatic carbocycles. The molecule has 0 bridgehead atoms. The number of para-hydroxylation sites is 2. The van der Waals surface area contributed by atoms with E-state index in [0.29, 0.717) is 17.8 Å². The first-order valence-electron chi connectivity index (χ1n) is 14.3. The third-order valence-corrected chi connectivity index (χ3v) is 9.40. The molecule has 218 valence electrons. The fourth-order valence-corrected chi connectivity index (χ4v) is 7.71. The van der Waals surface area contributed by atoms with Crippen molar-refractivity contribution in [2.45, 2.75) is 80.6 Å². The first-order chi connectivity index (χ1) is 19.2. The molecule has 9 heteroatoms. The maximum absolute atomic E-state index is 12.4. The molecule has 0 N–H and O–H groups in total. The molecule has 3 aliphatic rings. The molecule has 5 rings (SSSR count). The Labute approximate surface area is 252 Å². The van der Waals surface area contributed by atoms with Crippen LogP contribution in [0.5, 0.6) is 0 Å². The number of nitrogens with zero attached hydrogens (tertiary/aromatic N) is 4. The van der Waals surface area contributed by atoms with Crippen LogP contribution in [-0.2, 0) is 16.6 Å². The van der Waals surface area contributed by atoms with Crippen molar-refractivity contribution in [3.8, 4) is 0 Å². The van der Waals surface area contributed by atoms with Crippen LogP contribution in [0.25, 0.3) is 0 Å². The fraction of sp³-hybridized carbons (Fsp3) is 0.500. The molecule has 1 amide bonds. The molecule has 4 atom stereocenters. The zero-order chi connectivity index (χ0) is 29.9. The number of rotatable bonds is 5. The summed E-state index contributed by atoms with van der Waals surface area (Å²) < 4.78 is 12.1. The molecule has 2 aromatic rings. The van der Waals surface area contributed by atoms with Crippen LogP contribution < -0.4 is 10.0 Å². The molecule has 3 heterocycles. The second-order valence-electron chi connectivity index (χ2n) is 13.5. The number of Topliss-reactive ketones (excluding diaryl/α,β-unsaturated/α-hetero) is 1. The van der Waals surface area contributed by atoms with Gasteiger partial charge in [-0.2, -0.15) is 10.1 Å². The van der Waals surface area contributed by atoms with Crippen molar-refractivity contribution in [3.05, 3.63) is 60.7 Å². The first-order valence-corrected chi connectivity index (χ1v) is 16.8. The Morgan fingerprint density at radius 1 is 0.829 bits per heavy atom. The topological polar surface area (TPSA) is 83.8 Å². The van der Waals surface area contributed by atoms with E-state index in [1.807, 2.05) is 74.3 Å². The van der Waals surface area contributed by atoms with Crippen molar-refractivity contribution in [1.29, 1.82) is 0 Å². The van der Waals surface area contributed by atoms with E-state index in [4.69, 9.17) is 12.2 Å². The summed E-state index contributed by atoms with van der Waals surface area (Å²) in [6.45, 7) is 16.6. The second kappa shape index (κ2) is 12.6. The number of anilines is 2. The van der Waals surface area contributed by atoms with Crippen LogP contribution >= 0.6 is 0 Å². The van der Waals surface area contributed by atoms with E-state index in [1.165, 1.54) is 5.01 Å². The van der Waals surface area contributed by atoms with E-state index >= 15 is 0 Å². The zero-order valence-electron chi connectivity index (χ0n) is 25.6. The van der Waals surface area contributed by atoms with E-state index < -0.39 is 24.1 Å². The molecule has 41 heavy (non-hydrogen) atoms. The number of hydrogen-bond acceptors (Lipinski definition) is 7. The summed E-state index contributed by atoms with van der Waals surface area (Å²) in [6, 6.07) is 19.5. The van der Waals surface area contributed by atoms with Gasteiger partial charge in [0, 0.05) is 6.42 Å². The molecule has 0 aromatic heterocycles. The normalized spacial score (nSPS) is 24.1. The van der Waals surface area contributed by atoms with Crippen molar-refractivity contribution in [1.82, 2.24) is 0 Å². The monoisotopic (exact) mass is 616 g/mol. The Hall–Kier alpha value is -2.72. The average Bonchev–Trinajstić information content (AvgIpc) is 3.39. The van der Waals surface area contributed by atoms with Gasteiger partial charge in [0.2, 0.25) is 0 Å². The summed E-state index contributed by atoms with van der Waals surface area (Å²) in [4.78, 5) is 24.8. The van der Waals surface area contributed by atoms with Gasteiger partial charge in [-0.1, -0.05) is 39.0 Å². The van der Waals surface area contributed by atoms with Gasteiger partial charge < -0.3 is 0 Å². The van der Waals surface area contributed by atoms with Gasteiger partial charge in [-0.25, -0.2) is 0 Å². The Morgan fingerprint density at radius 2 is 1.41 bits per heavy atom. The van der Waals surface area contributed by atoms with Gasteiger partial charge >= 0.3 is 135 Å². The number of ketones is 1. The SMILES string of the molecule is CC1=NN(c2ccccc2)C(=O)C1C(=O)CC(C)(C)C.CC1=NN(c2ccccc2)C2[O][GaH][O]C(CC(C)(C)C)C12. The third kappa shape index (κ3) is 7.77. The Balaban J connectivity index is 0.000000189. The first kappa shape index (κ1) is 31.2. The summed E-state index contributed by atoms with van der Waals surface area (Å²) in [6.07, 6.45) is 1.71. The molecular formula is C32H43GaN4O4. The summed E-state index contributed by atoms with van der Waals surface area (Å²) >= 11 is -1.38. The number of carbonyl (C=O) groups is 2. The Kier molecular flexibility index (Phi) is 9.63. The van der Waals surface area contributed by atoms with E-state index in [2.05, 4.69) is 44.9 Å². The van der Waals surface area contributed by atoms with Crippen LogP contribution in [0.1, 0.15) is 68.2 Å². The molecular weight excluding hydrogens is 574 g/mol. The number of carbonyl (C=O) groups excluding carboxylic acids is 2. The number of fused-ring (bicyclic) bond motifs is 1. The predicted molar refractivity (Wildman–Crippen MR) is 166 cm³/mol. The molecule has 4 unspecified atom stereocenters. The zero-order valence-corrected chi connectivity index (χ0v) is 28.6. The van der Waals surface area contributed by atoms with Gasteiger partial charge in [-0.05, 0) is 24.5 Å². The van der Waals surface area contributed by atoms with Crippen LogP contribution in [0.15, 0.2) is 70.9 Å². The van der Waals surface area contributed by atoms with Gasteiger partial charge in [0.25, 0.3) is 5.91 Å². The summed E-state index contributed by atoms with van der Waals surface area (Å²) in [5.41, 5.74) is 3.63. The number of hydrogen-bond donors (Lipinski definition) is 0. The third-order valence-electron chi connectivity index (χ3n) is 7.21. The summed E-state index contributed by atoms with van der Waals surface area (Å²) in [5.74, 6) is -0.775. The molecule has 1 fully saturated rings. The van der Waals surface area contributed by atoms with Gasteiger partial charge in [0.1, 0.15) is 5.92 Å². The van der Waals surface area contributed by atoms with Crippen LogP contribution in [0.3, 0.4) is 0 Å². The minimum absolute atomic E-state index is 0.0356. The van der Waals surface area contributed by atoms with Crippen molar-refractivity contribution in [3.63, 3.8) is 0 Å². The van der Waals surface area contributed by atoms with Gasteiger partial charge in [0.05, 0.1) is 11.4 Å². The van der Waals surface area contributed by atoms with E-state index in [1.54, 1.807) is 6.92 Å². The van der Waals surface area contributed by atoms with Gasteiger partial charge in [-0.3, -0.25) is 9.59 Å². The summed E-state index contributed by atoms with van der Waals surface area (Å²) in [7, 11) is 0. The van der Waals surface area contributed by atoms with Gasteiger partial charge in [0.15, 0.2) is 5.78 Å². The maximum atomic E-state index is 12.4. The molecule has 1 saturated heterocycles. The molecule has 8 nitrogen and oxygen atoms in total. The predicted octanol–water partition coefficient (Wildman–Crippen LogP) is 5.97. The fourth-order valence-electron chi connectivity index (χ4n) is 5.47. The van der Waals surface area contributed by atoms with Crippen LogP contribution in [-0.4, -0.2) is 53.6 Å². The van der Waals surface area contributed by atoms with Crippen molar-refractivity contribution in [2.75, 3.05) is 10.0 Å². The minimum atomic E-state index is -1.38. The van der Waals surface area contributed by atoms with Crippen LogP contribution in [0.2, 0.25) is 0 Å². The number of benzene rings is 2. The molecule has 0 spiro atoms. The summed E-state index contributed by atoms with van der Waals surface area (Å²) in [5, 5.41) is 12.4. The van der Waals surface area contributed by atoms with E-state index in [9.17, 15) is 9.59 Å². The van der Waals surface area contributed by atoms with Gasteiger partial charge in [-0.15, -0.1) is 0 Å². The van der Waals surface area contributed by atoms with Crippen molar-refractivity contribution < 1.29 is 16.6 Å².